The molecule has 6 N–H and O–H groups in total. The number of carbonyl (C=O) groups excluding carboxylic acids is 1. The number of carbonyl (C=O) groups is 1. The molecule has 0 bridgehead atoms. The van der Waals surface area contributed by atoms with Crippen molar-refractivity contribution in [1.82, 2.24) is 15.6 Å². The molecule has 3 rings (SSSR count). The lowest BCUT2D eigenvalue weighted by Crippen LogP contribution is -2.36. The highest BCUT2D eigenvalue weighted by Crippen LogP contribution is 2.27. The summed E-state index contributed by atoms with van der Waals surface area (Å²) in [6, 6.07) is 9.47. The molecule has 8 nitrogen and oxygen atoms in total. The largest absolute Gasteiger partial charge is 0.506 e. The van der Waals surface area contributed by atoms with Gasteiger partial charge in [0.15, 0.2) is 0 Å². The molecule has 0 saturated carbocycles. The Labute approximate surface area is 199 Å². The zero-order valence-electron chi connectivity index (χ0n) is 18.5. The monoisotopic (exact) mass is 494 g/mol. The van der Waals surface area contributed by atoms with Crippen LogP contribution < -0.4 is 26.0 Å². The Morgan fingerprint density at radius 2 is 2.00 bits per heavy atom. The average molecular weight is 495 g/mol. The molecule has 0 radical (unpaired) electrons. The number of thiazole rings is 1. The van der Waals surface area contributed by atoms with Gasteiger partial charge in [0.1, 0.15) is 17.0 Å². The van der Waals surface area contributed by atoms with Crippen LogP contribution in [0.25, 0.3) is 10.2 Å². The second-order valence-electron chi connectivity index (χ2n) is 7.84. The molecule has 0 saturated heterocycles. The lowest BCUT2D eigenvalue weighted by atomic mass is 10.0. The van der Waals surface area contributed by atoms with Gasteiger partial charge in [-0.2, -0.15) is 8.78 Å². The standard InChI is InChI=1S/C23H28F2N4O4S/c24-22(25)33-17-3-1-2-14(12-17)4-6-16(26)13-19(31)28-11-10-27-9-8-15-5-7-18(30)20-21(15)34-23(32)29-20/h1-3,5,7,12,16,22,27,30H,4,6,8-11,13,26H2,(H,28,31)(H,29,32). The number of ether oxygens (including phenoxy) is 1. The van der Waals surface area contributed by atoms with Crippen LogP contribution in [0.15, 0.2) is 41.2 Å². The van der Waals surface area contributed by atoms with Crippen LogP contribution in [0, 0.1) is 0 Å². The second kappa shape index (κ2) is 12.4. The van der Waals surface area contributed by atoms with Crippen LogP contribution in [0.5, 0.6) is 11.5 Å². The molecule has 1 heterocycles. The maximum Gasteiger partial charge on any atom is 0.387 e. The minimum atomic E-state index is -2.87. The average Bonchev–Trinajstić information content (AvgIpc) is 3.18. The Morgan fingerprint density at radius 1 is 1.18 bits per heavy atom. The lowest BCUT2D eigenvalue weighted by Gasteiger charge is -2.13. The van der Waals surface area contributed by atoms with Crippen molar-refractivity contribution in [3.05, 3.63) is 57.2 Å². The maximum atomic E-state index is 12.3. The van der Waals surface area contributed by atoms with Gasteiger partial charge in [0.25, 0.3) is 0 Å². The molecule has 34 heavy (non-hydrogen) atoms. The third kappa shape index (κ3) is 7.79. The van der Waals surface area contributed by atoms with E-state index in [-0.39, 0.29) is 34.7 Å². The van der Waals surface area contributed by atoms with Crippen LogP contribution in [0.1, 0.15) is 24.0 Å². The van der Waals surface area contributed by atoms with E-state index in [0.717, 1.165) is 27.2 Å². The number of benzene rings is 2. The van der Waals surface area contributed by atoms with Gasteiger partial charge in [0.2, 0.25) is 5.91 Å². The van der Waals surface area contributed by atoms with Gasteiger partial charge in [-0.05, 0) is 55.1 Å². The second-order valence-corrected chi connectivity index (χ2v) is 8.82. The number of fused-ring (bicyclic) bond motifs is 1. The summed E-state index contributed by atoms with van der Waals surface area (Å²) < 4.78 is 29.8. The highest BCUT2D eigenvalue weighted by molar-refractivity contribution is 7.16. The predicted molar refractivity (Wildman–Crippen MR) is 128 cm³/mol. The number of nitrogens with two attached hydrogens (primary N) is 1. The molecule has 0 spiro atoms. The van der Waals surface area contributed by atoms with Crippen LogP contribution in [0.4, 0.5) is 8.78 Å². The van der Waals surface area contributed by atoms with Crippen molar-refractivity contribution < 1.29 is 23.4 Å². The molecule has 3 aromatic rings. The lowest BCUT2D eigenvalue weighted by molar-refractivity contribution is -0.121. The number of amides is 1. The number of nitrogens with one attached hydrogen (secondary N) is 3. The summed E-state index contributed by atoms with van der Waals surface area (Å²) in [7, 11) is 0. The van der Waals surface area contributed by atoms with E-state index in [2.05, 4.69) is 20.4 Å². The van der Waals surface area contributed by atoms with E-state index in [1.165, 1.54) is 6.07 Å². The third-order valence-corrected chi connectivity index (χ3v) is 6.17. The summed E-state index contributed by atoms with van der Waals surface area (Å²) in [5.41, 5.74) is 8.29. The van der Waals surface area contributed by atoms with Gasteiger partial charge in [-0.1, -0.05) is 29.5 Å². The quantitative estimate of drug-likeness (QED) is 0.232. The van der Waals surface area contributed by atoms with E-state index in [1.807, 2.05) is 0 Å². The first-order chi connectivity index (χ1) is 16.3. The van der Waals surface area contributed by atoms with Crippen molar-refractivity contribution in [3.63, 3.8) is 0 Å². The molecule has 0 aliphatic carbocycles. The summed E-state index contributed by atoms with van der Waals surface area (Å²) in [4.78, 5) is 26.1. The third-order valence-electron chi connectivity index (χ3n) is 5.21. The van der Waals surface area contributed by atoms with Gasteiger partial charge >= 0.3 is 11.5 Å². The van der Waals surface area contributed by atoms with Gasteiger partial charge in [-0.15, -0.1) is 0 Å². The van der Waals surface area contributed by atoms with Crippen LogP contribution in [0.3, 0.4) is 0 Å². The van der Waals surface area contributed by atoms with Gasteiger partial charge in [-0.25, -0.2) is 0 Å². The molecule has 1 amide bonds. The van der Waals surface area contributed by atoms with Gasteiger partial charge in [0.05, 0.1) is 4.70 Å². The molecule has 1 unspecified atom stereocenters. The fourth-order valence-corrected chi connectivity index (χ4v) is 4.45. The van der Waals surface area contributed by atoms with Crippen LogP contribution in [-0.2, 0) is 17.6 Å². The Morgan fingerprint density at radius 3 is 2.79 bits per heavy atom. The van der Waals surface area contributed by atoms with E-state index >= 15 is 0 Å². The number of hydrogen-bond acceptors (Lipinski definition) is 7. The zero-order valence-corrected chi connectivity index (χ0v) is 19.3. The molecule has 0 fully saturated rings. The molecule has 0 aliphatic rings. The minimum absolute atomic E-state index is 0.0558. The maximum absolute atomic E-state index is 12.3. The number of rotatable bonds is 13. The number of aromatic hydroxyl groups is 1. The Bertz CT molecular complexity index is 1150. The van der Waals surface area contributed by atoms with Crippen molar-refractivity contribution in [3.8, 4) is 11.5 Å². The molecule has 0 aliphatic heterocycles. The number of halogens is 2. The Hall–Kier alpha value is -3.02. The number of H-pyrrole nitrogens is 1. The summed E-state index contributed by atoms with van der Waals surface area (Å²) >= 11 is 1.07. The minimum Gasteiger partial charge on any atom is -0.506 e. The first kappa shape index (κ1) is 25.6. The molecular formula is C23H28F2N4O4S. The number of alkyl halides is 2. The number of aryl methyl sites for hydroxylation is 1. The van der Waals surface area contributed by atoms with E-state index in [9.17, 15) is 23.5 Å². The topological polar surface area (TPSA) is 129 Å². The van der Waals surface area contributed by atoms with Crippen molar-refractivity contribution in [2.24, 2.45) is 5.73 Å². The van der Waals surface area contributed by atoms with Crippen LogP contribution in [-0.4, -0.2) is 48.3 Å². The highest BCUT2D eigenvalue weighted by Gasteiger charge is 2.11. The first-order valence-corrected chi connectivity index (χ1v) is 11.7. The van der Waals surface area contributed by atoms with Crippen LogP contribution >= 0.6 is 11.3 Å². The molecular weight excluding hydrogens is 466 g/mol. The summed E-state index contributed by atoms with van der Waals surface area (Å²) in [6.45, 7) is -1.20. The number of aromatic nitrogens is 1. The summed E-state index contributed by atoms with van der Waals surface area (Å²) in [5.74, 6) is 0.00620. The number of phenols is 1. The van der Waals surface area contributed by atoms with E-state index < -0.39 is 6.61 Å². The van der Waals surface area contributed by atoms with E-state index in [4.69, 9.17) is 5.73 Å². The molecule has 11 heteroatoms. The fraction of sp³-hybridized carbons (Fsp3) is 0.391. The van der Waals surface area contributed by atoms with E-state index in [1.54, 1.807) is 30.3 Å². The van der Waals surface area contributed by atoms with Crippen molar-refractivity contribution in [2.45, 2.75) is 38.3 Å². The van der Waals surface area contributed by atoms with Gasteiger partial charge in [0, 0.05) is 25.6 Å². The molecule has 1 atom stereocenters. The highest BCUT2D eigenvalue weighted by atomic mass is 32.1. The fourth-order valence-electron chi connectivity index (χ4n) is 3.55. The number of hydrogen-bond donors (Lipinski definition) is 5. The van der Waals surface area contributed by atoms with Crippen molar-refractivity contribution >= 4 is 27.5 Å². The summed E-state index contributed by atoms with van der Waals surface area (Å²) in [6.07, 6.45) is 1.94. The number of aromatic amines is 1. The Balaban J connectivity index is 1.30. The van der Waals surface area contributed by atoms with Crippen molar-refractivity contribution in [2.75, 3.05) is 19.6 Å². The zero-order chi connectivity index (χ0) is 24.5. The molecule has 1 aromatic heterocycles. The first-order valence-electron chi connectivity index (χ1n) is 10.9. The van der Waals surface area contributed by atoms with Gasteiger partial charge in [-0.3, -0.25) is 9.59 Å². The normalized spacial score (nSPS) is 12.2. The van der Waals surface area contributed by atoms with Crippen LogP contribution in [0.2, 0.25) is 0 Å². The van der Waals surface area contributed by atoms with Gasteiger partial charge < -0.3 is 31.2 Å². The predicted octanol–water partition coefficient (Wildman–Crippen LogP) is 2.50. The van der Waals surface area contributed by atoms with E-state index in [0.29, 0.717) is 44.4 Å². The summed E-state index contributed by atoms with van der Waals surface area (Å²) in [5, 5.41) is 15.9. The molecule has 184 valence electrons. The van der Waals surface area contributed by atoms with Crippen molar-refractivity contribution in [1.29, 1.82) is 0 Å². The number of phenolic OH excluding ortho intramolecular Hbond substituents is 1. The smallest absolute Gasteiger partial charge is 0.387 e. The SMILES string of the molecule is NC(CCc1cccc(OC(F)F)c1)CC(=O)NCCNCCc1ccc(O)c2[nH]c(=O)sc12. The molecule has 2 aromatic carbocycles. The Kier molecular flexibility index (Phi) is 9.37.